The van der Waals surface area contributed by atoms with Crippen LogP contribution in [-0.2, 0) is 17.9 Å². The molecular weight excluding hydrogens is 226 g/mol. The number of hydrogen-bond donors (Lipinski definition) is 2. The van der Waals surface area contributed by atoms with Gasteiger partial charge in [0.15, 0.2) is 0 Å². The highest BCUT2D eigenvalue weighted by Crippen LogP contribution is 2.20. The zero-order valence-electron chi connectivity index (χ0n) is 10.6. The first-order valence-electron chi connectivity index (χ1n) is 6.23. The molecule has 0 aliphatic carbocycles. The number of benzene rings is 1. The summed E-state index contributed by atoms with van der Waals surface area (Å²) < 4.78 is 2.18. The monoisotopic (exact) mass is 245 g/mol. The molecule has 1 aromatic carbocycles. The molecule has 18 heavy (non-hydrogen) atoms. The van der Waals surface area contributed by atoms with E-state index in [0.29, 0.717) is 13.0 Å². The Labute approximate surface area is 107 Å². The predicted molar refractivity (Wildman–Crippen MR) is 73.1 cm³/mol. The molecule has 0 aliphatic rings. The summed E-state index contributed by atoms with van der Waals surface area (Å²) in [5, 5.41) is 3.84. The van der Waals surface area contributed by atoms with Crippen LogP contribution in [0, 0.1) is 0 Å². The van der Waals surface area contributed by atoms with Crippen LogP contribution in [0.15, 0.2) is 30.5 Å². The fourth-order valence-corrected chi connectivity index (χ4v) is 2.20. The molecule has 1 amide bonds. The Balaban J connectivity index is 2.12. The minimum Gasteiger partial charge on any atom is -0.359 e. The second-order valence-corrected chi connectivity index (χ2v) is 4.34. The van der Waals surface area contributed by atoms with Gasteiger partial charge >= 0.3 is 0 Å². The van der Waals surface area contributed by atoms with Crippen LogP contribution >= 0.6 is 0 Å². The number of aromatic nitrogens is 1. The molecular formula is C14H19N3O. The van der Waals surface area contributed by atoms with Crippen molar-refractivity contribution in [3.63, 3.8) is 0 Å². The van der Waals surface area contributed by atoms with Gasteiger partial charge in [0.2, 0.25) is 5.91 Å². The van der Waals surface area contributed by atoms with Gasteiger partial charge in [-0.05, 0) is 24.1 Å². The number of carbonyl (C=O) groups excluding carboxylic acids is 1. The van der Waals surface area contributed by atoms with E-state index in [1.807, 2.05) is 6.07 Å². The lowest BCUT2D eigenvalue weighted by atomic mass is 10.1. The number of nitrogens with zero attached hydrogens (tertiary/aromatic N) is 1. The molecule has 96 valence electrons. The van der Waals surface area contributed by atoms with E-state index in [-0.39, 0.29) is 5.91 Å². The molecule has 0 bridgehead atoms. The second-order valence-electron chi connectivity index (χ2n) is 4.34. The van der Waals surface area contributed by atoms with Gasteiger partial charge in [0, 0.05) is 43.7 Å². The standard InChI is InChI=1S/C14H19N3O/c1-16-14(18)6-3-8-17-9-7-12-11(10-15)4-2-5-13(12)17/h2,4-5,7,9H,3,6,8,10,15H2,1H3,(H,16,18). The van der Waals surface area contributed by atoms with Crippen molar-refractivity contribution in [1.82, 2.24) is 9.88 Å². The third-order valence-electron chi connectivity index (χ3n) is 3.21. The van der Waals surface area contributed by atoms with Crippen LogP contribution in [0.4, 0.5) is 0 Å². The van der Waals surface area contributed by atoms with Gasteiger partial charge in [-0.25, -0.2) is 0 Å². The van der Waals surface area contributed by atoms with Crippen molar-refractivity contribution in [2.75, 3.05) is 7.05 Å². The molecule has 0 aliphatic heterocycles. The van der Waals surface area contributed by atoms with Gasteiger partial charge in [-0.1, -0.05) is 12.1 Å². The van der Waals surface area contributed by atoms with E-state index < -0.39 is 0 Å². The van der Waals surface area contributed by atoms with E-state index >= 15 is 0 Å². The van der Waals surface area contributed by atoms with Gasteiger partial charge < -0.3 is 15.6 Å². The zero-order chi connectivity index (χ0) is 13.0. The van der Waals surface area contributed by atoms with E-state index in [0.717, 1.165) is 18.5 Å². The molecule has 0 spiro atoms. The van der Waals surface area contributed by atoms with Gasteiger partial charge in [0.25, 0.3) is 0 Å². The number of nitrogens with one attached hydrogen (secondary N) is 1. The maximum atomic E-state index is 11.2. The first kappa shape index (κ1) is 12.6. The van der Waals surface area contributed by atoms with Crippen LogP contribution in [0.5, 0.6) is 0 Å². The summed E-state index contributed by atoms with van der Waals surface area (Å²) in [6, 6.07) is 8.27. The topological polar surface area (TPSA) is 60.0 Å². The van der Waals surface area contributed by atoms with Gasteiger partial charge in [0.1, 0.15) is 0 Å². The first-order chi connectivity index (χ1) is 8.76. The SMILES string of the molecule is CNC(=O)CCCn1ccc2c(CN)cccc21. The third kappa shape index (κ3) is 2.54. The summed E-state index contributed by atoms with van der Waals surface area (Å²) >= 11 is 0. The molecule has 3 N–H and O–H groups in total. The molecule has 0 unspecified atom stereocenters. The average molecular weight is 245 g/mol. The van der Waals surface area contributed by atoms with E-state index in [1.54, 1.807) is 7.05 Å². The Morgan fingerprint density at radius 1 is 1.39 bits per heavy atom. The highest BCUT2D eigenvalue weighted by molar-refractivity contribution is 5.83. The number of aryl methyl sites for hydroxylation is 1. The predicted octanol–water partition coefficient (Wildman–Crippen LogP) is 1.63. The van der Waals surface area contributed by atoms with Crippen molar-refractivity contribution in [1.29, 1.82) is 0 Å². The molecule has 2 rings (SSSR count). The average Bonchev–Trinajstić information content (AvgIpc) is 2.82. The van der Waals surface area contributed by atoms with Crippen LogP contribution in [0.1, 0.15) is 18.4 Å². The lowest BCUT2D eigenvalue weighted by molar-refractivity contribution is -0.120. The number of hydrogen-bond acceptors (Lipinski definition) is 2. The molecule has 0 saturated heterocycles. The number of nitrogens with two attached hydrogens (primary N) is 1. The first-order valence-corrected chi connectivity index (χ1v) is 6.23. The van der Waals surface area contributed by atoms with Gasteiger partial charge in [-0.3, -0.25) is 4.79 Å². The van der Waals surface area contributed by atoms with Crippen LogP contribution in [0.3, 0.4) is 0 Å². The van der Waals surface area contributed by atoms with Gasteiger partial charge in [0.05, 0.1) is 0 Å². The van der Waals surface area contributed by atoms with Crippen molar-refractivity contribution >= 4 is 16.8 Å². The third-order valence-corrected chi connectivity index (χ3v) is 3.21. The maximum Gasteiger partial charge on any atom is 0.219 e. The van der Waals surface area contributed by atoms with E-state index in [4.69, 9.17) is 5.73 Å². The van der Waals surface area contributed by atoms with Crippen LogP contribution in [0.2, 0.25) is 0 Å². The number of rotatable bonds is 5. The fourth-order valence-electron chi connectivity index (χ4n) is 2.20. The summed E-state index contributed by atoms with van der Waals surface area (Å²) in [4.78, 5) is 11.2. The molecule has 1 aromatic heterocycles. The van der Waals surface area contributed by atoms with Crippen LogP contribution < -0.4 is 11.1 Å². The second kappa shape index (κ2) is 5.69. The Bertz CT molecular complexity index is 545. The highest BCUT2D eigenvalue weighted by atomic mass is 16.1. The van der Waals surface area contributed by atoms with Crippen LogP contribution in [-0.4, -0.2) is 17.5 Å². The Kier molecular flexibility index (Phi) is 3.99. The molecule has 0 atom stereocenters. The summed E-state index contributed by atoms with van der Waals surface area (Å²) in [5.74, 6) is 0.0918. The summed E-state index contributed by atoms with van der Waals surface area (Å²) in [7, 11) is 1.67. The van der Waals surface area contributed by atoms with Crippen molar-refractivity contribution in [3.05, 3.63) is 36.0 Å². The zero-order valence-corrected chi connectivity index (χ0v) is 10.6. The molecule has 4 nitrogen and oxygen atoms in total. The minimum atomic E-state index is 0.0918. The van der Waals surface area contributed by atoms with Gasteiger partial charge in [-0.2, -0.15) is 0 Å². The molecule has 4 heteroatoms. The van der Waals surface area contributed by atoms with Gasteiger partial charge in [-0.15, -0.1) is 0 Å². The molecule has 0 fully saturated rings. The number of carbonyl (C=O) groups is 1. The maximum absolute atomic E-state index is 11.2. The van der Waals surface area contributed by atoms with E-state index in [9.17, 15) is 4.79 Å². The van der Waals surface area contributed by atoms with Crippen LogP contribution in [0.25, 0.3) is 10.9 Å². The largest absolute Gasteiger partial charge is 0.359 e. The number of fused-ring (bicyclic) bond motifs is 1. The Morgan fingerprint density at radius 3 is 2.94 bits per heavy atom. The Hall–Kier alpha value is -1.81. The molecule has 0 saturated carbocycles. The summed E-state index contributed by atoms with van der Waals surface area (Å²) in [5.41, 5.74) is 8.07. The lowest BCUT2D eigenvalue weighted by Crippen LogP contribution is -2.17. The van der Waals surface area contributed by atoms with Crippen molar-refractivity contribution in [2.24, 2.45) is 5.73 Å². The summed E-state index contributed by atoms with van der Waals surface area (Å²) in [6.45, 7) is 1.41. The summed E-state index contributed by atoms with van der Waals surface area (Å²) in [6.07, 6.45) is 3.47. The quantitative estimate of drug-likeness (QED) is 0.841. The normalized spacial score (nSPS) is 10.8. The molecule has 0 radical (unpaired) electrons. The lowest BCUT2D eigenvalue weighted by Gasteiger charge is -2.06. The van der Waals surface area contributed by atoms with Crippen molar-refractivity contribution in [2.45, 2.75) is 25.9 Å². The highest BCUT2D eigenvalue weighted by Gasteiger charge is 2.05. The Morgan fingerprint density at radius 2 is 2.22 bits per heavy atom. The fraction of sp³-hybridized carbons (Fsp3) is 0.357. The smallest absolute Gasteiger partial charge is 0.219 e. The molecule has 1 heterocycles. The van der Waals surface area contributed by atoms with E-state index in [1.165, 1.54) is 10.9 Å². The van der Waals surface area contributed by atoms with Crippen molar-refractivity contribution in [3.8, 4) is 0 Å². The molecule has 2 aromatic rings. The van der Waals surface area contributed by atoms with Crippen molar-refractivity contribution < 1.29 is 4.79 Å². The van der Waals surface area contributed by atoms with E-state index in [2.05, 4.69) is 34.3 Å². The number of amides is 1. The minimum absolute atomic E-state index is 0.0918.